The van der Waals surface area contributed by atoms with Crippen molar-refractivity contribution in [1.82, 2.24) is 9.55 Å². The fourth-order valence-corrected chi connectivity index (χ4v) is 1.47. The molecule has 0 aliphatic rings. The molecule has 0 spiro atoms. The molecular weight excluding hydrogens is 322 g/mol. The maximum Gasteiger partial charge on any atom is 0.352 e. The fraction of sp³-hybridized carbons (Fsp3) is 0.500. The van der Waals surface area contributed by atoms with Gasteiger partial charge in [-0.25, -0.2) is 15.1 Å². The first-order valence-corrected chi connectivity index (χ1v) is 7.15. The van der Waals surface area contributed by atoms with E-state index in [1.807, 2.05) is 0 Å². The van der Waals surface area contributed by atoms with E-state index in [9.17, 15) is 14.7 Å². The second-order valence-electron chi connectivity index (χ2n) is 5.22. The van der Waals surface area contributed by atoms with Gasteiger partial charge in [0.25, 0.3) is 0 Å². The molecular formula is C14H21N3O7. The molecule has 0 aliphatic heterocycles. The van der Waals surface area contributed by atoms with Gasteiger partial charge in [-0.15, -0.1) is 0 Å². The Morgan fingerprint density at radius 3 is 2.62 bits per heavy atom. The number of rotatable bonds is 8. The van der Waals surface area contributed by atoms with Gasteiger partial charge in [0.1, 0.15) is 6.26 Å². The van der Waals surface area contributed by atoms with Crippen molar-refractivity contribution >= 4 is 11.8 Å². The summed E-state index contributed by atoms with van der Waals surface area (Å²) >= 11 is 0. The molecule has 0 aromatic carbocycles. The van der Waals surface area contributed by atoms with Crippen molar-refractivity contribution in [1.29, 1.82) is 0 Å². The summed E-state index contributed by atoms with van der Waals surface area (Å²) in [5, 5.41) is 27.6. The summed E-state index contributed by atoms with van der Waals surface area (Å²) in [7, 11) is 0. The van der Waals surface area contributed by atoms with E-state index in [4.69, 9.17) is 19.8 Å². The number of nitrogens with zero attached hydrogens (tertiary/aromatic N) is 2. The third kappa shape index (κ3) is 5.25. The van der Waals surface area contributed by atoms with Crippen LogP contribution in [0.1, 0.15) is 27.0 Å². The number of anilines is 1. The molecule has 0 saturated heterocycles. The van der Waals surface area contributed by atoms with E-state index < -0.39 is 29.8 Å². The van der Waals surface area contributed by atoms with Gasteiger partial charge >= 0.3 is 11.7 Å². The number of ether oxygens (including phenoxy) is 1. The van der Waals surface area contributed by atoms with Crippen LogP contribution in [0.4, 0.5) is 5.82 Å². The number of aliphatic hydroxyl groups excluding tert-OH is 3. The van der Waals surface area contributed by atoms with Crippen LogP contribution >= 0.6 is 0 Å². The third-order valence-corrected chi connectivity index (χ3v) is 2.81. The van der Waals surface area contributed by atoms with Crippen LogP contribution in [0, 0.1) is 5.92 Å². The standard InChI is InChI=1S/C14H21N3O7/c1-8(2)13(21)24-16-11-4-5-17(14(22)15-11)12(10(20)7-19)23-9(3)6-18/h4-5,7-9,12,18-20H,6H2,1-3H3,(H,15,16,22)/b10-7-/t9?,12-/m1/s1. The van der Waals surface area contributed by atoms with Crippen molar-refractivity contribution in [2.75, 3.05) is 12.1 Å². The Balaban J connectivity index is 2.98. The Kier molecular flexibility index (Phi) is 7.21. The molecule has 2 atom stereocenters. The molecule has 1 aromatic heterocycles. The smallest absolute Gasteiger partial charge is 0.352 e. The first-order chi connectivity index (χ1) is 11.3. The molecule has 10 heteroatoms. The second-order valence-corrected chi connectivity index (χ2v) is 5.22. The minimum Gasteiger partial charge on any atom is -0.512 e. The van der Waals surface area contributed by atoms with Crippen LogP contribution in [0.2, 0.25) is 0 Å². The number of hydrogen-bond donors (Lipinski definition) is 4. The summed E-state index contributed by atoms with van der Waals surface area (Å²) in [5.41, 5.74) is 1.40. The lowest BCUT2D eigenvalue weighted by Gasteiger charge is -2.22. The predicted molar refractivity (Wildman–Crippen MR) is 83.1 cm³/mol. The van der Waals surface area contributed by atoms with Gasteiger partial charge in [0, 0.05) is 12.3 Å². The highest BCUT2D eigenvalue weighted by Gasteiger charge is 2.21. The SMILES string of the molecule is CC(CO)O[C@H](/C(O)=C/O)n1ccc(NOC(=O)C(C)C)nc1=O. The van der Waals surface area contributed by atoms with Crippen molar-refractivity contribution in [2.45, 2.75) is 33.1 Å². The van der Waals surface area contributed by atoms with Crippen molar-refractivity contribution < 1.29 is 29.7 Å². The van der Waals surface area contributed by atoms with Gasteiger partial charge in [0.2, 0.25) is 0 Å². The highest BCUT2D eigenvalue weighted by molar-refractivity contribution is 5.72. The van der Waals surface area contributed by atoms with E-state index >= 15 is 0 Å². The van der Waals surface area contributed by atoms with Gasteiger partial charge in [-0.1, -0.05) is 13.8 Å². The van der Waals surface area contributed by atoms with Crippen LogP contribution in [0.15, 0.2) is 29.1 Å². The van der Waals surface area contributed by atoms with Crippen LogP contribution in [-0.4, -0.2) is 43.6 Å². The van der Waals surface area contributed by atoms with E-state index in [1.54, 1.807) is 13.8 Å². The average molecular weight is 343 g/mol. The van der Waals surface area contributed by atoms with Crippen LogP contribution in [0.25, 0.3) is 0 Å². The predicted octanol–water partition coefficient (Wildman–Crippen LogP) is 0.623. The number of carbonyl (C=O) groups is 1. The van der Waals surface area contributed by atoms with E-state index in [0.717, 1.165) is 4.57 Å². The van der Waals surface area contributed by atoms with E-state index in [1.165, 1.54) is 19.2 Å². The van der Waals surface area contributed by atoms with Crippen molar-refractivity contribution in [2.24, 2.45) is 5.92 Å². The molecule has 4 N–H and O–H groups in total. The molecule has 1 unspecified atom stereocenters. The highest BCUT2D eigenvalue weighted by Crippen LogP contribution is 2.17. The lowest BCUT2D eigenvalue weighted by Crippen LogP contribution is -2.32. The molecule has 134 valence electrons. The van der Waals surface area contributed by atoms with Crippen LogP contribution in [0.5, 0.6) is 0 Å². The summed E-state index contributed by atoms with van der Waals surface area (Å²) in [5.74, 6) is -1.56. The van der Waals surface area contributed by atoms with Gasteiger partial charge in [0.15, 0.2) is 17.8 Å². The van der Waals surface area contributed by atoms with Gasteiger partial charge in [-0.2, -0.15) is 4.98 Å². The number of aliphatic hydroxyl groups is 3. The lowest BCUT2D eigenvalue weighted by molar-refractivity contribution is -0.144. The summed E-state index contributed by atoms with van der Waals surface area (Å²) in [6.07, 6.45) is -0.495. The zero-order valence-electron chi connectivity index (χ0n) is 13.5. The zero-order valence-corrected chi connectivity index (χ0v) is 13.5. The first kappa shape index (κ1) is 19.5. The fourth-order valence-electron chi connectivity index (χ4n) is 1.47. The van der Waals surface area contributed by atoms with Gasteiger partial charge in [0.05, 0.1) is 18.6 Å². The Morgan fingerprint density at radius 1 is 1.46 bits per heavy atom. The Hall–Kier alpha value is -2.59. The molecule has 0 fully saturated rings. The van der Waals surface area contributed by atoms with Crippen LogP contribution in [0.3, 0.4) is 0 Å². The Labute approximate surface area is 137 Å². The summed E-state index contributed by atoms with van der Waals surface area (Å²) in [4.78, 5) is 31.8. The lowest BCUT2D eigenvalue weighted by atomic mass is 10.2. The number of carbonyl (C=O) groups excluding carboxylic acids is 1. The van der Waals surface area contributed by atoms with Crippen molar-refractivity contribution in [3.63, 3.8) is 0 Å². The van der Waals surface area contributed by atoms with E-state index in [2.05, 4.69) is 10.5 Å². The molecule has 0 saturated carbocycles. The summed E-state index contributed by atoms with van der Waals surface area (Å²) < 4.78 is 6.17. The molecule has 10 nitrogen and oxygen atoms in total. The molecule has 0 amide bonds. The van der Waals surface area contributed by atoms with Crippen LogP contribution in [-0.2, 0) is 14.4 Å². The normalized spacial score (nSPS) is 14.3. The minimum absolute atomic E-state index is 0.0216. The number of nitrogens with one attached hydrogen (secondary N) is 1. The molecule has 0 aliphatic carbocycles. The number of hydrogen-bond acceptors (Lipinski definition) is 9. The zero-order chi connectivity index (χ0) is 18.3. The largest absolute Gasteiger partial charge is 0.512 e. The summed E-state index contributed by atoms with van der Waals surface area (Å²) in [6, 6.07) is 1.31. The average Bonchev–Trinajstić information content (AvgIpc) is 2.56. The van der Waals surface area contributed by atoms with E-state index in [0.29, 0.717) is 6.26 Å². The quantitative estimate of drug-likeness (QED) is 0.394. The van der Waals surface area contributed by atoms with Gasteiger partial charge in [-0.3, -0.25) is 4.57 Å². The van der Waals surface area contributed by atoms with Crippen LogP contribution < -0.4 is 11.2 Å². The Morgan fingerprint density at radius 2 is 2.12 bits per heavy atom. The molecule has 1 aromatic rings. The number of aromatic nitrogens is 2. The molecule has 1 rings (SSSR count). The molecule has 24 heavy (non-hydrogen) atoms. The van der Waals surface area contributed by atoms with Crippen molar-refractivity contribution in [3.05, 3.63) is 34.8 Å². The maximum absolute atomic E-state index is 12.1. The molecule has 0 radical (unpaired) electrons. The highest BCUT2D eigenvalue weighted by atomic mass is 16.7. The van der Waals surface area contributed by atoms with Crippen molar-refractivity contribution in [3.8, 4) is 0 Å². The van der Waals surface area contributed by atoms with Gasteiger partial charge < -0.3 is 24.9 Å². The summed E-state index contributed by atoms with van der Waals surface area (Å²) in [6.45, 7) is 4.44. The second kappa shape index (κ2) is 8.89. The topological polar surface area (TPSA) is 143 Å². The third-order valence-electron chi connectivity index (χ3n) is 2.81. The monoisotopic (exact) mass is 343 g/mol. The molecule has 0 bridgehead atoms. The Bertz CT molecular complexity index is 642. The van der Waals surface area contributed by atoms with Gasteiger partial charge in [-0.05, 0) is 6.92 Å². The molecule has 1 heterocycles. The first-order valence-electron chi connectivity index (χ1n) is 7.15. The van der Waals surface area contributed by atoms with E-state index in [-0.39, 0.29) is 18.3 Å². The minimum atomic E-state index is -1.37. The maximum atomic E-state index is 12.1.